The molecule has 1 N–H and O–H groups in total. The van der Waals surface area contributed by atoms with Gasteiger partial charge in [0.25, 0.3) is 11.6 Å². The van der Waals surface area contributed by atoms with Crippen molar-refractivity contribution in [3.05, 3.63) is 33.9 Å². The number of nitro groups is 1. The van der Waals surface area contributed by atoms with Crippen molar-refractivity contribution in [1.82, 2.24) is 10.2 Å². The third-order valence-electron chi connectivity index (χ3n) is 3.38. The summed E-state index contributed by atoms with van der Waals surface area (Å²) in [6, 6.07) is 3.97. The van der Waals surface area contributed by atoms with Crippen LogP contribution in [0.3, 0.4) is 0 Å². The maximum absolute atomic E-state index is 12.1. The van der Waals surface area contributed by atoms with Crippen LogP contribution in [0.2, 0.25) is 0 Å². The monoisotopic (exact) mass is 383 g/mol. The second-order valence-corrected chi connectivity index (χ2v) is 5.93. The summed E-state index contributed by atoms with van der Waals surface area (Å²) in [7, 11) is 0. The van der Waals surface area contributed by atoms with E-state index in [-0.39, 0.29) is 30.2 Å². The number of nitro benzene ring substituents is 1. The fourth-order valence-corrected chi connectivity index (χ4v) is 2.61. The smallest absolute Gasteiger partial charge is 0.338 e. The molecule has 0 fully saturated rings. The van der Waals surface area contributed by atoms with Crippen molar-refractivity contribution in [3.63, 3.8) is 0 Å². The highest BCUT2D eigenvalue weighted by Gasteiger charge is 2.20. The van der Waals surface area contributed by atoms with Gasteiger partial charge < -0.3 is 15.0 Å². The number of carbonyl (C=O) groups excluding carboxylic acids is 3. The Morgan fingerprint density at radius 2 is 2.00 bits per heavy atom. The van der Waals surface area contributed by atoms with Gasteiger partial charge in [-0.3, -0.25) is 19.7 Å². The first-order chi connectivity index (χ1) is 12.3. The number of amides is 2. The normalized spacial score (nSPS) is 10.1. The number of benzene rings is 1. The molecule has 0 saturated heterocycles. The minimum Gasteiger partial charge on any atom is -0.452 e. The van der Waals surface area contributed by atoms with E-state index in [0.717, 1.165) is 6.07 Å². The Bertz CT molecular complexity index is 695. The van der Waals surface area contributed by atoms with Gasteiger partial charge in [-0.25, -0.2) is 4.79 Å². The molecule has 0 aliphatic carbocycles. The first-order valence-electron chi connectivity index (χ1n) is 7.88. The number of hydrogen-bond donors (Lipinski definition) is 1. The first kappa shape index (κ1) is 21.4. The fourth-order valence-electron chi connectivity index (χ4n) is 2.06. The minimum absolute atomic E-state index is 0.0194. The molecule has 0 aromatic heterocycles. The number of ether oxygens (including phenoxy) is 1. The van der Waals surface area contributed by atoms with Crippen LogP contribution in [0.15, 0.2) is 23.1 Å². The van der Waals surface area contributed by atoms with Gasteiger partial charge in [0.05, 0.1) is 21.9 Å². The van der Waals surface area contributed by atoms with Crippen molar-refractivity contribution in [2.45, 2.75) is 18.7 Å². The zero-order valence-electron chi connectivity index (χ0n) is 14.8. The van der Waals surface area contributed by atoms with E-state index in [1.54, 1.807) is 20.1 Å². The molecule has 2 amide bonds. The molecule has 0 heterocycles. The Balaban J connectivity index is 2.73. The lowest BCUT2D eigenvalue weighted by Crippen LogP contribution is -2.42. The van der Waals surface area contributed by atoms with E-state index in [0.29, 0.717) is 11.4 Å². The molecule has 1 rings (SSSR count). The van der Waals surface area contributed by atoms with E-state index in [4.69, 9.17) is 4.74 Å². The van der Waals surface area contributed by atoms with Crippen LogP contribution in [-0.2, 0) is 14.3 Å². The van der Waals surface area contributed by atoms with E-state index >= 15 is 0 Å². The van der Waals surface area contributed by atoms with Crippen molar-refractivity contribution < 1.29 is 24.0 Å². The lowest BCUT2D eigenvalue weighted by molar-refractivity contribution is -0.387. The molecule has 26 heavy (non-hydrogen) atoms. The predicted octanol–water partition coefficient (Wildman–Crippen LogP) is 1.46. The van der Waals surface area contributed by atoms with Crippen molar-refractivity contribution >= 4 is 35.2 Å². The third-order valence-corrected chi connectivity index (χ3v) is 4.17. The van der Waals surface area contributed by atoms with Gasteiger partial charge in [-0.05, 0) is 32.2 Å². The highest BCUT2D eigenvalue weighted by molar-refractivity contribution is 7.98. The summed E-state index contributed by atoms with van der Waals surface area (Å²) < 4.78 is 4.93. The molecule has 0 bridgehead atoms. The van der Waals surface area contributed by atoms with Crippen molar-refractivity contribution in [2.24, 2.45) is 0 Å². The highest BCUT2D eigenvalue weighted by atomic mass is 32.2. The zero-order valence-corrected chi connectivity index (χ0v) is 15.6. The van der Waals surface area contributed by atoms with Crippen molar-refractivity contribution in [1.29, 1.82) is 0 Å². The molecule has 0 unspecified atom stereocenters. The van der Waals surface area contributed by atoms with Gasteiger partial charge in [-0.15, -0.1) is 11.8 Å². The Labute approximate surface area is 155 Å². The number of likely N-dealkylation sites (N-methyl/N-ethyl adjacent to an activating group) is 2. The highest BCUT2D eigenvalue weighted by Crippen LogP contribution is 2.28. The SMILES string of the molecule is CCNC(=O)CN(CC)C(=O)COC(=O)c1ccc(SC)c([N+](=O)[O-])c1. The summed E-state index contributed by atoms with van der Waals surface area (Å²) in [5.41, 5.74) is -0.223. The Morgan fingerprint density at radius 1 is 1.31 bits per heavy atom. The quantitative estimate of drug-likeness (QED) is 0.297. The minimum atomic E-state index is -0.844. The molecule has 1 aromatic rings. The molecule has 0 spiro atoms. The molecule has 0 aliphatic rings. The Morgan fingerprint density at radius 3 is 2.54 bits per heavy atom. The molecule has 0 aliphatic heterocycles. The predicted molar refractivity (Wildman–Crippen MR) is 96.1 cm³/mol. The average Bonchev–Trinajstić information content (AvgIpc) is 2.63. The molecule has 9 nitrogen and oxygen atoms in total. The van der Waals surface area contributed by atoms with E-state index in [9.17, 15) is 24.5 Å². The summed E-state index contributed by atoms with van der Waals surface area (Å²) in [4.78, 5) is 47.8. The van der Waals surface area contributed by atoms with E-state index in [1.807, 2.05) is 0 Å². The third kappa shape index (κ3) is 6.03. The van der Waals surface area contributed by atoms with Crippen LogP contribution in [-0.4, -0.2) is 60.1 Å². The maximum Gasteiger partial charge on any atom is 0.338 e. The van der Waals surface area contributed by atoms with Gasteiger partial charge in [-0.2, -0.15) is 0 Å². The van der Waals surface area contributed by atoms with Crippen LogP contribution in [0, 0.1) is 10.1 Å². The van der Waals surface area contributed by atoms with Gasteiger partial charge in [-0.1, -0.05) is 0 Å². The van der Waals surface area contributed by atoms with Crippen molar-refractivity contribution in [3.8, 4) is 0 Å². The van der Waals surface area contributed by atoms with Crippen LogP contribution >= 0.6 is 11.8 Å². The number of rotatable bonds is 9. The number of hydrogen-bond acceptors (Lipinski definition) is 7. The van der Waals surface area contributed by atoms with E-state index < -0.39 is 23.4 Å². The van der Waals surface area contributed by atoms with Crippen LogP contribution in [0.5, 0.6) is 0 Å². The molecule has 0 saturated carbocycles. The summed E-state index contributed by atoms with van der Waals surface area (Å²) in [6.07, 6.45) is 1.69. The van der Waals surface area contributed by atoms with Crippen LogP contribution < -0.4 is 5.32 Å². The lowest BCUT2D eigenvalue weighted by Gasteiger charge is -2.20. The van der Waals surface area contributed by atoms with Gasteiger partial charge in [0.2, 0.25) is 5.91 Å². The lowest BCUT2D eigenvalue weighted by atomic mass is 10.2. The Kier molecular flexibility index (Phi) is 8.56. The first-order valence-corrected chi connectivity index (χ1v) is 9.10. The molecular formula is C16H21N3O6S. The summed E-state index contributed by atoms with van der Waals surface area (Å²) in [5.74, 6) is -1.68. The van der Waals surface area contributed by atoms with Crippen LogP contribution in [0.1, 0.15) is 24.2 Å². The van der Waals surface area contributed by atoms with Gasteiger partial charge >= 0.3 is 5.97 Å². The average molecular weight is 383 g/mol. The van der Waals surface area contributed by atoms with E-state index in [2.05, 4.69) is 5.32 Å². The number of esters is 1. The zero-order chi connectivity index (χ0) is 19.7. The summed E-state index contributed by atoms with van der Waals surface area (Å²) in [5, 5.41) is 13.6. The molecule has 1 aromatic carbocycles. The summed E-state index contributed by atoms with van der Waals surface area (Å²) >= 11 is 1.19. The topological polar surface area (TPSA) is 119 Å². The van der Waals surface area contributed by atoms with Gasteiger partial charge in [0.1, 0.15) is 0 Å². The molecule has 142 valence electrons. The standard InChI is InChI=1S/C16H21N3O6S/c1-4-17-14(20)9-18(5-2)15(21)10-25-16(22)11-6-7-13(26-3)12(8-11)19(23)24/h6-8H,4-5,9-10H2,1-3H3,(H,17,20). The van der Waals surface area contributed by atoms with Crippen LogP contribution in [0.4, 0.5) is 5.69 Å². The van der Waals surface area contributed by atoms with Gasteiger partial charge in [0.15, 0.2) is 6.61 Å². The molecular weight excluding hydrogens is 362 g/mol. The second kappa shape index (κ2) is 10.4. The molecule has 0 atom stereocenters. The maximum atomic E-state index is 12.1. The molecule has 0 radical (unpaired) electrons. The second-order valence-electron chi connectivity index (χ2n) is 5.08. The van der Waals surface area contributed by atoms with Crippen molar-refractivity contribution in [2.75, 3.05) is 32.5 Å². The van der Waals surface area contributed by atoms with Gasteiger partial charge in [0, 0.05) is 19.2 Å². The Hall–Kier alpha value is -2.62. The van der Waals surface area contributed by atoms with E-state index in [1.165, 1.54) is 28.8 Å². The number of carbonyl (C=O) groups is 3. The van der Waals surface area contributed by atoms with Crippen LogP contribution in [0.25, 0.3) is 0 Å². The largest absolute Gasteiger partial charge is 0.452 e. The molecule has 10 heteroatoms. The number of nitrogens with one attached hydrogen (secondary N) is 1. The number of thioether (sulfide) groups is 1. The fraction of sp³-hybridized carbons (Fsp3) is 0.438. The summed E-state index contributed by atoms with van der Waals surface area (Å²) in [6.45, 7) is 3.51. The number of nitrogens with zero attached hydrogens (tertiary/aromatic N) is 2.